The second-order valence-corrected chi connectivity index (χ2v) is 4.95. The van der Waals surface area contributed by atoms with Crippen molar-refractivity contribution in [2.75, 3.05) is 18.5 Å². The van der Waals surface area contributed by atoms with Crippen LogP contribution in [0.25, 0.3) is 6.08 Å². The Bertz CT molecular complexity index is 754. The Morgan fingerprint density at radius 1 is 1.12 bits per heavy atom. The van der Waals surface area contributed by atoms with E-state index in [4.69, 9.17) is 9.47 Å². The number of pyridine rings is 1. The standard InChI is InChI=1S/C19H20N2O4/c1-3-24-17(22)12-9-14-7-10-15(11-8-14)21-18(23)16-6-5-13-20-19(16)25-4-2/h5-13H,3-4H2,1-2H3,(H,21,23)/b12-9+. The van der Waals surface area contributed by atoms with Gasteiger partial charge in [0.05, 0.1) is 13.2 Å². The zero-order chi connectivity index (χ0) is 18.1. The topological polar surface area (TPSA) is 77.5 Å². The largest absolute Gasteiger partial charge is 0.477 e. The fourth-order valence-electron chi connectivity index (χ4n) is 2.05. The number of aromatic nitrogens is 1. The van der Waals surface area contributed by atoms with Crippen molar-refractivity contribution >= 4 is 23.6 Å². The number of nitrogens with one attached hydrogen (secondary N) is 1. The predicted octanol–water partition coefficient (Wildman–Crippen LogP) is 3.31. The van der Waals surface area contributed by atoms with Crippen LogP contribution in [-0.2, 0) is 9.53 Å². The molecule has 6 nitrogen and oxygen atoms in total. The number of benzene rings is 1. The second-order valence-electron chi connectivity index (χ2n) is 4.95. The third-order valence-electron chi connectivity index (χ3n) is 3.16. The van der Waals surface area contributed by atoms with E-state index in [1.165, 1.54) is 6.08 Å². The first-order valence-corrected chi connectivity index (χ1v) is 7.98. The van der Waals surface area contributed by atoms with Gasteiger partial charge in [0, 0.05) is 18.0 Å². The Hall–Kier alpha value is -3.15. The summed E-state index contributed by atoms with van der Waals surface area (Å²) >= 11 is 0. The first-order chi connectivity index (χ1) is 12.1. The van der Waals surface area contributed by atoms with Crippen LogP contribution < -0.4 is 10.1 Å². The van der Waals surface area contributed by atoms with E-state index in [-0.39, 0.29) is 11.9 Å². The molecule has 0 saturated heterocycles. The van der Waals surface area contributed by atoms with Crippen molar-refractivity contribution in [1.29, 1.82) is 0 Å². The second kappa shape index (κ2) is 9.22. The van der Waals surface area contributed by atoms with Gasteiger partial charge in [-0.1, -0.05) is 12.1 Å². The van der Waals surface area contributed by atoms with Crippen LogP contribution in [0.15, 0.2) is 48.7 Å². The van der Waals surface area contributed by atoms with Crippen LogP contribution in [0.1, 0.15) is 29.8 Å². The lowest BCUT2D eigenvalue weighted by atomic mass is 10.2. The van der Waals surface area contributed by atoms with E-state index in [0.29, 0.717) is 30.3 Å². The lowest BCUT2D eigenvalue weighted by molar-refractivity contribution is -0.137. The van der Waals surface area contributed by atoms with Gasteiger partial charge in [-0.05, 0) is 49.8 Å². The SMILES string of the molecule is CCOC(=O)/C=C/c1ccc(NC(=O)c2cccnc2OCC)cc1. The highest BCUT2D eigenvalue weighted by Crippen LogP contribution is 2.17. The minimum atomic E-state index is -0.389. The lowest BCUT2D eigenvalue weighted by Crippen LogP contribution is -2.14. The number of carbonyl (C=O) groups is 2. The van der Waals surface area contributed by atoms with Gasteiger partial charge >= 0.3 is 5.97 Å². The van der Waals surface area contributed by atoms with Gasteiger partial charge in [0.1, 0.15) is 5.56 Å². The molecule has 0 unspecified atom stereocenters. The van der Waals surface area contributed by atoms with Crippen LogP contribution in [0.2, 0.25) is 0 Å². The number of ether oxygens (including phenoxy) is 2. The summed E-state index contributed by atoms with van der Waals surface area (Å²) in [5.74, 6) is -0.386. The summed E-state index contributed by atoms with van der Waals surface area (Å²) in [7, 11) is 0. The van der Waals surface area contributed by atoms with Crippen molar-refractivity contribution in [3.63, 3.8) is 0 Å². The quantitative estimate of drug-likeness (QED) is 0.618. The Morgan fingerprint density at radius 3 is 2.56 bits per heavy atom. The molecular weight excluding hydrogens is 320 g/mol. The Balaban J connectivity index is 2.04. The maximum Gasteiger partial charge on any atom is 0.330 e. The smallest absolute Gasteiger partial charge is 0.330 e. The van der Waals surface area contributed by atoms with Gasteiger partial charge in [0.25, 0.3) is 5.91 Å². The molecule has 1 N–H and O–H groups in total. The maximum atomic E-state index is 12.4. The summed E-state index contributed by atoms with van der Waals surface area (Å²) in [4.78, 5) is 27.7. The van der Waals surface area contributed by atoms with Gasteiger partial charge in [-0.3, -0.25) is 4.79 Å². The molecule has 1 aromatic heterocycles. The minimum Gasteiger partial charge on any atom is -0.477 e. The molecule has 0 saturated carbocycles. The number of anilines is 1. The maximum absolute atomic E-state index is 12.4. The van der Waals surface area contributed by atoms with Gasteiger partial charge in [0.15, 0.2) is 0 Å². The first kappa shape index (κ1) is 18.2. The molecule has 25 heavy (non-hydrogen) atoms. The zero-order valence-corrected chi connectivity index (χ0v) is 14.2. The van der Waals surface area contributed by atoms with Gasteiger partial charge in [-0.25, -0.2) is 9.78 Å². The molecule has 6 heteroatoms. The molecule has 0 fully saturated rings. The van der Waals surface area contributed by atoms with E-state index >= 15 is 0 Å². The van der Waals surface area contributed by atoms with Crippen molar-refractivity contribution < 1.29 is 19.1 Å². The van der Waals surface area contributed by atoms with Crippen LogP contribution in [0.3, 0.4) is 0 Å². The summed E-state index contributed by atoms with van der Waals surface area (Å²) in [6.45, 7) is 4.35. The summed E-state index contributed by atoms with van der Waals surface area (Å²) in [5, 5.41) is 2.79. The minimum absolute atomic E-state index is 0.300. The van der Waals surface area contributed by atoms with Crippen molar-refractivity contribution in [3.8, 4) is 5.88 Å². The van der Waals surface area contributed by atoms with E-state index in [1.807, 2.05) is 6.92 Å². The Labute approximate surface area is 146 Å². The van der Waals surface area contributed by atoms with Crippen LogP contribution in [-0.4, -0.2) is 30.1 Å². The molecule has 0 bridgehead atoms. The fourth-order valence-corrected chi connectivity index (χ4v) is 2.05. The van der Waals surface area contributed by atoms with Crippen LogP contribution >= 0.6 is 0 Å². The molecule has 0 atom stereocenters. The van der Waals surface area contributed by atoms with E-state index in [0.717, 1.165) is 5.56 Å². The van der Waals surface area contributed by atoms with Gasteiger partial charge in [-0.15, -0.1) is 0 Å². The molecule has 0 aliphatic carbocycles. The van der Waals surface area contributed by atoms with E-state index in [9.17, 15) is 9.59 Å². The number of amides is 1. The zero-order valence-electron chi connectivity index (χ0n) is 14.2. The van der Waals surface area contributed by atoms with Crippen LogP contribution in [0.5, 0.6) is 5.88 Å². The highest BCUT2D eigenvalue weighted by molar-refractivity contribution is 6.05. The highest BCUT2D eigenvalue weighted by Gasteiger charge is 2.13. The fraction of sp³-hybridized carbons (Fsp3) is 0.211. The number of hydrogen-bond acceptors (Lipinski definition) is 5. The summed E-state index contributed by atoms with van der Waals surface area (Å²) in [6, 6.07) is 10.4. The summed E-state index contributed by atoms with van der Waals surface area (Å²) in [6.07, 6.45) is 4.59. The van der Waals surface area contributed by atoms with Gasteiger partial charge in [0.2, 0.25) is 5.88 Å². The third kappa shape index (κ3) is 5.46. The predicted molar refractivity (Wildman–Crippen MR) is 95.5 cm³/mol. The molecule has 0 spiro atoms. The normalized spacial score (nSPS) is 10.5. The molecule has 2 aromatic rings. The van der Waals surface area contributed by atoms with E-state index in [2.05, 4.69) is 10.3 Å². The molecule has 1 amide bonds. The third-order valence-corrected chi connectivity index (χ3v) is 3.16. The van der Waals surface area contributed by atoms with Gasteiger partial charge in [-0.2, -0.15) is 0 Å². The monoisotopic (exact) mass is 340 g/mol. The first-order valence-electron chi connectivity index (χ1n) is 7.98. The lowest BCUT2D eigenvalue weighted by Gasteiger charge is -2.09. The molecule has 1 heterocycles. The van der Waals surface area contributed by atoms with E-state index < -0.39 is 0 Å². The highest BCUT2D eigenvalue weighted by atomic mass is 16.5. The Morgan fingerprint density at radius 2 is 1.88 bits per heavy atom. The molecular formula is C19H20N2O4. The van der Waals surface area contributed by atoms with Crippen molar-refractivity contribution in [3.05, 3.63) is 59.8 Å². The van der Waals surface area contributed by atoms with Crippen molar-refractivity contribution in [2.45, 2.75) is 13.8 Å². The summed E-state index contributed by atoms with van der Waals surface area (Å²) in [5.41, 5.74) is 1.82. The van der Waals surface area contributed by atoms with Crippen LogP contribution in [0.4, 0.5) is 5.69 Å². The molecule has 0 radical (unpaired) electrons. The average Bonchev–Trinajstić information content (AvgIpc) is 2.62. The molecule has 2 rings (SSSR count). The molecule has 130 valence electrons. The number of esters is 1. The Kier molecular flexibility index (Phi) is 6.71. The average molecular weight is 340 g/mol. The molecule has 0 aliphatic rings. The van der Waals surface area contributed by atoms with E-state index in [1.54, 1.807) is 55.6 Å². The van der Waals surface area contributed by atoms with Gasteiger partial charge < -0.3 is 14.8 Å². The van der Waals surface area contributed by atoms with Crippen molar-refractivity contribution in [2.24, 2.45) is 0 Å². The molecule has 1 aromatic carbocycles. The number of carbonyl (C=O) groups excluding carboxylic acids is 2. The van der Waals surface area contributed by atoms with Crippen LogP contribution in [0, 0.1) is 0 Å². The number of nitrogens with zero attached hydrogens (tertiary/aromatic N) is 1. The molecule has 0 aliphatic heterocycles. The number of hydrogen-bond donors (Lipinski definition) is 1. The van der Waals surface area contributed by atoms with Crippen molar-refractivity contribution in [1.82, 2.24) is 4.98 Å². The summed E-state index contributed by atoms with van der Waals surface area (Å²) < 4.78 is 10.2. The number of rotatable bonds is 7.